The second kappa shape index (κ2) is 11.6. The summed E-state index contributed by atoms with van der Waals surface area (Å²) in [5, 5.41) is 6.04. The van der Waals surface area contributed by atoms with Crippen LogP contribution in [0.1, 0.15) is 37.2 Å². The molecule has 0 aliphatic heterocycles. The lowest BCUT2D eigenvalue weighted by molar-refractivity contribution is -0.117. The largest absolute Gasteiger partial charge is 0.394 e. The number of carbonyl (C=O) groups is 2. The van der Waals surface area contributed by atoms with E-state index >= 15 is 0 Å². The van der Waals surface area contributed by atoms with E-state index in [0.29, 0.717) is 23.2 Å². The summed E-state index contributed by atoms with van der Waals surface area (Å²) in [7, 11) is 0. The van der Waals surface area contributed by atoms with Gasteiger partial charge in [-0.3, -0.25) is 9.59 Å². The number of aliphatic imine (C=N–C) groups is 1. The number of hydrazine groups is 1. The van der Waals surface area contributed by atoms with Crippen molar-refractivity contribution in [2.45, 2.75) is 36.7 Å². The van der Waals surface area contributed by atoms with Crippen molar-refractivity contribution < 1.29 is 9.59 Å². The third-order valence-corrected chi connectivity index (χ3v) is 6.02. The number of hydrogen-bond acceptors (Lipinski definition) is 8. The molecule has 1 aromatic heterocycles. The van der Waals surface area contributed by atoms with Crippen LogP contribution in [0.5, 0.6) is 0 Å². The molecule has 1 aliphatic rings. The number of amides is 2. The number of carbonyl (C=O) groups excluding carboxylic acids is 2. The molecule has 11 heteroatoms. The van der Waals surface area contributed by atoms with Crippen LogP contribution in [0.4, 0.5) is 22.9 Å². The molecule has 1 aliphatic carbocycles. The zero-order chi connectivity index (χ0) is 25.5. The Morgan fingerprint density at radius 3 is 2.39 bits per heavy atom. The van der Waals surface area contributed by atoms with Crippen LogP contribution >= 0.6 is 11.8 Å². The summed E-state index contributed by atoms with van der Waals surface area (Å²) in [4.78, 5) is 39.2. The maximum absolute atomic E-state index is 13.0. The highest BCUT2D eigenvalue weighted by Crippen LogP contribution is 2.33. The predicted octanol–water partition coefficient (Wildman–Crippen LogP) is 3.97. The number of anilines is 3. The summed E-state index contributed by atoms with van der Waals surface area (Å²) in [6, 6.07) is 16.4. The molecular formula is C25H28N8O2S. The Hall–Kier alpha value is -3.96. The van der Waals surface area contributed by atoms with Gasteiger partial charge in [-0.25, -0.2) is 20.4 Å². The fraction of sp³-hybridized carbons (Fsp3) is 0.240. The number of para-hydroxylation sites is 1. The summed E-state index contributed by atoms with van der Waals surface area (Å²) in [6.07, 6.45) is 1.89. The number of nitrogens with zero attached hydrogens (tertiary/aromatic N) is 3. The SMILES string of the molecule is CCNNC(C)=Nc1nc(Sc2ccc(NC(=O)C3CC3)cc2)nc(C(=O)Nc2ccccc2)c1N. The van der Waals surface area contributed by atoms with Gasteiger partial charge in [-0.1, -0.05) is 25.1 Å². The van der Waals surface area contributed by atoms with Crippen molar-refractivity contribution in [2.24, 2.45) is 10.9 Å². The fourth-order valence-corrected chi connectivity index (χ4v) is 3.91. The van der Waals surface area contributed by atoms with E-state index < -0.39 is 5.91 Å². The first kappa shape index (κ1) is 25.1. The van der Waals surface area contributed by atoms with Crippen LogP contribution in [0.3, 0.4) is 0 Å². The monoisotopic (exact) mass is 504 g/mol. The zero-order valence-electron chi connectivity index (χ0n) is 20.0. The van der Waals surface area contributed by atoms with E-state index in [1.54, 1.807) is 19.1 Å². The van der Waals surface area contributed by atoms with Gasteiger partial charge in [0.15, 0.2) is 16.7 Å². The topological polar surface area (TPSA) is 146 Å². The normalized spacial score (nSPS) is 13.2. The first-order chi connectivity index (χ1) is 17.4. The summed E-state index contributed by atoms with van der Waals surface area (Å²) in [6.45, 7) is 4.40. The highest BCUT2D eigenvalue weighted by Gasteiger charge is 2.29. The minimum atomic E-state index is -0.463. The van der Waals surface area contributed by atoms with E-state index in [0.717, 1.165) is 23.4 Å². The van der Waals surface area contributed by atoms with Crippen LogP contribution in [-0.2, 0) is 4.79 Å². The molecule has 1 fully saturated rings. The Labute approximate surface area is 213 Å². The molecule has 36 heavy (non-hydrogen) atoms. The van der Waals surface area contributed by atoms with Gasteiger partial charge in [0.05, 0.1) is 0 Å². The average molecular weight is 505 g/mol. The molecule has 0 unspecified atom stereocenters. The highest BCUT2D eigenvalue weighted by atomic mass is 32.2. The molecule has 6 N–H and O–H groups in total. The van der Waals surface area contributed by atoms with E-state index in [1.165, 1.54) is 11.8 Å². The van der Waals surface area contributed by atoms with Crippen LogP contribution in [0.15, 0.2) is 69.6 Å². The standard InChI is InChI=1S/C25H28N8O2S/c1-3-27-33-15(2)28-22-20(26)21(24(35)30-17-7-5-4-6-8-17)31-25(32-22)36-19-13-11-18(12-14-19)29-23(34)16-9-10-16/h4-8,11-14,16,27H,3,9-10,26H2,1-2H3,(H,29,34)(H,30,35)(H,28,31,32,33). The first-order valence-corrected chi connectivity index (χ1v) is 12.4. The van der Waals surface area contributed by atoms with E-state index in [9.17, 15) is 9.59 Å². The van der Waals surface area contributed by atoms with Gasteiger partial charge >= 0.3 is 0 Å². The number of nitrogens with two attached hydrogens (primary N) is 1. The summed E-state index contributed by atoms with van der Waals surface area (Å²) >= 11 is 1.26. The number of nitrogens with one attached hydrogen (secondary N) is 4. The number of hydrogen-bond donors (Lipinski definition) is 5. The van der Waals surface area contributed by atoms with Crippen molar-refractivity contribution in [2.75, 3.05) is 22.9 Å². The first-order valence-electron chi connectivity index (χ1n) is 11.6. The third-order valence-electron chi connectivity index (χ3n) is 5.15. The molecule has 0 saturated heterocycles. The second-order valence-corrected chi connectivity index (χ2v) is 9.20. The quantitative estimate of drug-likeness (QED) is 0.127. The van der Waals surface area contributed by atoms with Crippen molar-refractivity contribution in [3.05, 3.63) is 60.3 Å². The number of amidine groups is 1. The van der Waals surface area contributed by atoms with Gasteiger partial charge in [0, 0.05) is 28.7 Å². The summed E-state index contributed by atoms with van der Waals surface area (Å²) in [5.41, 5.74) is 13.6. The van der Waals surface area contributed by atoms with Crippen LogP contribution in [0, 0.1) is 5.92 Å². The fourth-order valence-electron chi connectivity index (χ4n) is 3.16. The van der Waals surface area contributed by atoms with Gasteiger partial charge in [-0.2, -0.15) is 0 Å². The zero-order valence-corrected chi connectivity index (χ0v) is 20.9. The molecule has 0 atom stereocenters. The van der Waals surface area contributed by atoms with Gasteiger partial charge in [0.2, 0.25) is 5.91 Å². The summed E-state index contributed by atoms with van der Waals surface area (Å²) < 4.78 is 0. The smallest absolute Gasteiger partial charge is 0.276 e. The molecule has 10 nitrogen and oxygen atoms in total. The van der Waals surface area contributed by atoms with E-state index in [4.69, 9.17) is 5.73 Å². The van der Waals surface area contributed by atoms with Gasteiger partial charge in [-0.05, 0) is 67.9 Å². The lowest BCUT2D eigenvalue weighted by Crippen LogP contribution is -2.35. The lowest BCUT2D eigenvalue weighted by Gasteiger charge is -2.12. The van der Waals surface area contributed by atoms with Crippen molar-refractivity contribution in [1.29, 1.82) is 0 Å². The molecule has 1 heterocycles. The summed E-state index contributed by atoms with van der Waals surface area (Å²) in [5.74, 6) is 0.433. The lowest BCUT2D eigenvalue weighted by atomic mass is 10.2. The van der Waals surface area contributed by atoms with Gasteiger partial charge in [0.25, 0.3) is 5.91 Å². The Morgan fingerprint density at radius 2 is 1.72 bits per heavy atom. The van der Waals surface area contributed by atoms with Gasteiger partial charge < -0.3 is 21.8 Å². The molecule has 0 spiro atoms. The molecule has 3 aromatic rings. The molecule has 4 rings (SSSR count). The molecule has 0 radical (unpaired) electrons. The van der Waals surface area contributed by atoms with Gasteiger partial charge in [0.1, 0.15) is 11.5 Å². The molecule has 2 aromatic carbocycles. The molecule has 186 valence electrons. The molecule has 0 bridgehead atoms. The minimum absolute atomic E-state index is 0.0275. The predicted molar refractivity (Wildman–Crippen MR) is 142 cm³/mol. The van der Waals surface area contributed by atoms with Crippen LogP contribution in [0.2, 0.25) is 0 Å². The van der Waals surface area contributed by atoms with E-state index in [-0.39, 0.29) is 29.0 Å². The number of aromatic nitrogens is 2. The Kier molecular flexibility index (Phi) is 8.13. The van der Waals surface area contributed by atoms with Crippen molar-refractivity contribution in [3.63, 3.8) is 0 Å². The van der Waals surface area contributed by atoms with Crippen molar-refractivity contribution in [3.8, 4) is 0 Å². The minimum Gasteiger partial charge on any atom is -0.394 e. The van der Waals surface area contributed by atoms with Crippen LogP contribution in [-0.4, -0.2) is 34.2 Å². The van der Waals surface area contributed by atoms with E-state index in [2.05, 4.69) is 36.4 Å². The maximum atomic E-state index is 13.0. The Morgan fingerprint density at radius 1 is 1.03 bits per heavy atom. The van der Waals surface area contributed by atoms with Crippen molar-refractivity contribution >= 4 is 52.3 Å². The number of nitrogen functional groups attached to an aromatic ring is 1. The van der Waals surface area contributed by atoms with Crippen LogP contribution in [0.25, 0.3) is 0 Å². The van der Waals surface area contributed by atoms with Crippen molar-refractivity contribution in [1.82, 2.24) is 20.8 Å². The number of rotatable bonds is 9. The number of benzene rings is 2. The molecule has 2 amide bonds. The second-order valence-electron chi connectivity index (χ2n) is 8.15. The van der Waals surface area contributed by atoms with E-state index in [1.807, 2.05) is 49.4 Å². The average Bonchev–Trinajstić information content (AvgIpc) is 3.72. The third kappa shape index (κ3) is 6.80. The Bertz CT molecular complexity index is 1260. The molecular weight excluding hydrogens is 476 g/mol. The van der Waals surface area contributed by atoms with Crippen LogP contribution < -0.4 is 27.2 Å². The highest BCUT2D eigenvalue weighted by molar-refractivity contribution is 7.99. The van der Waals surface area contributed by atoms with Gasteiger partial charge in [-0.15, -0.1) is 0 Å². The maximum Gasteiger partial charge on any atom is 0.276 e. The molecule has 1 saturated carbocycles. The Balaban J connectivity index is 1.59.